The number of piperidine rings is 1. The summed E-state index contributed by atoms with van der Waals surface area (Å²) in [6.45, 7) is 4.62. The quantitative estimate of drug-likeness (QED) is 0.860. The molecule has 110 valence electrons. The van der Waals surface area contributed by atoms with Crippen LogP contribution in [-0.2, 0) is 0 Å². The Morgan fingerprint density at radius 1 is 1.50 bits per heavy atom. The number of nitrogens with one attached hydrogen (secondary N) is 2. The Morgan fingerprint density at radius 2 is 2.35 bits per heavy atom. The summed E-state index contributed by atoms with van der Waals surface area (Å²) in [6, 6.07) is 2.22. The van der Waals surface area contributed by atoms with Gasteiger partial charge >= 0.3 is 0 Å². The van der Waals surface area contributed by atoms with Crippen molar-refractivity contribution in [3.63, 3.8) is 0 Å². The first-order valence-electron chi connectivity index (χ1n) is 7.38. The molecule has 0 spiro atoms. The second kappa shape index (κ2) is 7.24. The number of likely N-dealkylation sites (tertiary alicyclic amines) is 1. The molecule has 2 heterocycles. The van der Waals surface area contributed by atoms with Crippen molar-refractivity contribution in [1.29, 1.82) is 0 Å². The highest BCUT2D eigenvalue weighted by Gasteiger charge is 2.20. The third kappa shape index (κ3) is 3.70. The summed E-state index contributed by atoms with van der Waals surface area (Å²) < 4.78 is 0. The number of anilines is 1. The molecule has 0 radical (unpaired) electrons. The molecule has 1 saturated heterocycles. The molecule has 0 aliphatic carbocycles. The van der Waals surface area contributed by atoms with Crippen molar-refractivity contribution in [2.75, 3.05) is 32.0 Å². The van der Waals surface area contributed by atoms with Gasteiger partial charge in [0.15, 0.2) is 0 Å². The molecule has 0 bridgehead atoms. The van der Waals surface area contributed by atoms with Crippen LogP contribution in [0, 0.1) is 0 Å². The SMILES string of the molecule is CCNc1cnccc1C(=O)NCC1CCCCN1C. The standard InChI is InChI=1S/C15H24N4O/c1-3-17-14-11-16-8-7-13(14)15(20)18-10-12-6-4-5-9-19(12)2/h7-8,11-12,17H,3-6,9-10H2,1-2H3,(H,18,20). The van der Waals surface area contributed by atoms with E-state index in [1.54, 1.807) is 18.5 Å². The fourth-order valence-corrected chi connectivity index (χ4v) is 2.63. The Hall–Kier alpha value is -1.62. The molecule has 5 nitrogen and oxygen atoms in total. The van der Waals surface area contributed by atoms with Gasteiger partial charge in [0.1, 0.15) is 0 Å². The molecule has 20 heavy (non-hydrogen) atoms. The Labute approximate surface area is 120 Å². The molecule has 1 atom stereocenters. The van der Waals surface area contributed by atoms with Crippen LogP contribution in [0.1, 0.15) is 36.5 Å². The average molecular weight is 276 g/mol. The van der Waals surface area contributed by atoms with Crippen LogP contribution in [0.25, 0.3) is 0 Å². The molecule has 0 aromatic carbocycles. The van der Waals surface area contributed by atoms with E-state index in [-0.39, 0.29) is 5.91 Å². The normalized spacial score (nSPS) is 19.6. The van der Waals surface area contributed by atoms with E-state index in [2.05, 4.69) is 27.6 Å². The lowest BCUT2D eigenvalue weighted by atomic mass is 10.0. The molecule has 1 aliphatic rings. The van der Waals surface area contributed by atoms with Gasteiger partial charge in [-0.25, -0.2) is 0 Å². The molecule has 1 aromatic heterocycles. The van der Waals surface area contributed by atoms with Gasteiger partial charge in [-0.3, -0.25) is 9.78 Å². The lowest BCUT2D eigenvalue weighted by molar-refractivity contribution is 0.0929. The molecule has 0 saturated carbocycles. The first-order valence-corrected chi connectivity index (χ1v) is 7.38. The van der Waals surface area contributed by atoms with Crippen molar-refractivity contribution in [3.8, 4) is 0 Å². The van der Waals surface area contributed by atoms with Gasteiger partial charge in [0.2, 0.25) is 0 Å². The minimum Gasteiger partial charge on any atom is -0.383 e. The number of nitrogens with zero attached hydrogens (tertiary/aromatic N) is 2. The number of pyridine rings is 1. The Morgan fingerprint density at radius 3 is 3.10 bits per heavy atom. The van der Waals surface area contributed by atoms with Crippen molar-refractivity contribution in [3.05, 3.63) is 24.0 Å². The number of carbonyl (C=O) groups is 1. The third-order valence-corrected chi connectivity index (χ3v) is 3.85. The summed E-state index contributed by atoms with van der Waals surface area (Å²) in [7, 11) is 2.13. The topological polar surface area (TPSA) is 57.3 Å². The Kier molecular flexibility index (Phi) is 5.35. The van der Waals surface area contributed by atoms with Crippen molar-refractivity contribution in [2.45, 2.75) is 32.2 Å². The van der Waals surface area contributed by atoms with Gasteiger partial charge in [0.05, 0.1) is 17.4 Å². The number of hydrogen-bond acceptors (Lipinski definition) is 4. The molecule has 1 aliphatic heterocycles. The van der Waals surface area contributed by atoms with Crippen molar-refractivity contribution >= 4 is 11.6 Å². The van der Waals surface area contributed by atoms with E-state index < -0.39 is 0 Å². The first-order chi connectivity index (χ1) is 9.72. The number of amides is 1. The van der Waals surface area contributed by atoms with Crippen LogP contribution in [-0.4, -0.2) is 48.5 Å². The summed E-state index contributed by atoms with van der Waals surface area (Å²) in [5.41, 5.74) is 1.46. The van der Waals surface area contributed by atoms with Crippen LogP contribution in [0.5, 0.6) is 0 Å². The van der Waals surface area contributed by atoms with E-state index in [9.17, 15) is 4.79 Å². The van der Waals surface area contributed by atoms with Crippen molar-refractivity contribution in [2.24, 2.45) is 0 Å². The third-order valence-electron chi connectivity index (χ3n) is 3.85. The zero-order valence-electron chi connectivity index (χ0n) is 12.4. The van der Waals surface area contributed by atoms with Gasteiger partial charge in [-0.2, -0.15) is 0 Å². The van der Waals surface area contributed by atoms with Gasteiger partial charge < -0.3 is 15.5 Å². The minimum atomic E-state index is -0.0256. The van der Waals surface area contributed by atoms with Gasteiger partial charge in [-0.15, -0.1) is 0 Å². The second-order valence-electron chi connectivity index (χ2n) is 5.29. The van der Waals surface area contributed by atoms with Gasteiger partial charge in [0.25, 0.3) is 5.91 Å². The molecular formula is C15H24N4O. The number of hydrogen-bond donors (Lipinski definition) is 2. The summed E-state index contributed by atoms with van der Waals surface area (Å²) >= 11 is 0. The van der Waals surface area contributed by atoms with E-state index in [0.29, 0.717) is 18.2 Å². The predicted octanol–water partition coefficient (Wildman–Crippen LogP) is 1.73. The second-order valence-corrected chi connectivity index (χ2v) is 5.29. The molecular weight excluding hydrogens is 252 g/mol. The fourth-order valence-electron chi connectivity index (χ4n) is 2.63. The van der Waals surface area contributed by atoms with Crippen LogP contribution >= 0.6 is 0 Å². The van der Waals surface area contributed by atoms with Gasteiger partial charge in [-0.1, -0.05) is 6.42 Å². The molecule has 1 amide bonds. The van der Waals surface area contributed by atoms with Crippen LogP contribution in [0.3, 0.4) is 0 Å². The maximum atomic E-state index is 12.3. The highest BCUT2D eigenvalue weighted by molar-refractivity contribution is 5.99. The predicted molar refractivity (Wildman–Crippen MR) is 81.0 cm³/mol. The fraction of sp³-hybridized carbons (Fsp3) is 0.600. The highest BCUT2D eigenvalue weighted by atomic mass is 16.1. The van der Waals surface area contributed by atoms with Crippen LogP contribution < -0.4 is 10.6 Å². The summed E-state index contributed by atoms with van der Waals surface area (Å²) in [5.74, 6) is -0.0256. The largest absolute Gasteiger partial charge is 0.383 e. The smallest absolute Gasteiger partial charge is 0.253 e. The van der Waals surface area contributed by atoms with E-state index in [1.165, 1.54) is 12.8 Å². The molecule has 2 N–H and O–H groups in total. The maximum Gasteiger partial charge on any atom is 0.253 e. The lowest BCUT2D eigenvalue weighted by Gasteiger charge is -2.32. The zero-order valence-corrected chi connectivity index (χ0v) is 12.4. The van der Waals surface area contributed by atoms with E-state index >= 15 is 0 Å². The number of carbonyl (C=O) groups excluding carboxylic acids is 1. The van der Waals surface area contributed by atoms with Crippen molar-refractivity contribution < 1.29 is 4.79 Å². The van der Waals surface area contributed by atoms with Crippen molar-refractivity contribution in [1.82, 2.24) is 15.2 Å². The maximum absolute atomic E-state index is 12.3. The average Bonchev–Trinajstić information content (AvgIpc) is 2.47. The van der Waals surface area contributed by atoms with E-state index in [0.717, 1.165) is 25.2 Å². The number of aromatic nitrogens is 1. The summed E-state index contributed by atoms with van der Waals surface area (Å²) in [5, 5.41) is 6.22. The Bertz CT molecular complexity index is 449. The highest BCUT2D eigenvalue weighted by Crippen LogP contribution is 2.15. The first kappa shape index (κ1) is 14.8. The number of rotatable bonds is 5. The monoisotopic (exact) mass is 276 g/mol. The van der Waals surface area contributed by atoms with Crippen LogP contribution in [0.2, 0.25) is 0 Å². The van der Waals surface area contributed by atoms with E-state index in [4.69, 9.17) is 0 Å². The molecule has 1 unspecified atom stereocenters. The van der Waals surface area contributed by atoms with Crippen LogP contribution in [0.4, 0.5) is 5.69 Å². The van der Waals surface area contributed by atoms with E-state index in [1.807, 2.05) is 6.92 Å². The molecule has 5 heteroatoms. The molecule has 1 fully saturated rings. The lowest BCUT2D eigenvalue weighted by Crippen LogP contribution is -2.44. The summed E-state index contributed by atoms with van der Waals surface area (Å²) in [4.78, 5) is 18.7. The molecule has 2 rings (SSSR count). The zero-order chi connectivity index (χ0) is 14.4. The molecule has 1 aromatic rings. The Balaban J connectivity index is 1.94. The number of likely N-dealkylation sites (N-methyl/N-ethyl adjacent to an activating group) is 1. The van der Waals surface area contributed by atoms with Gasteiger partial charge in [0, 0.05) is 25.3 Å². The van der Waals surface area contributed by atoms with Gasteiger partial charge in [-0.05, 0) is 39.4 Å². The summed E-state index contributed by atoms with van der Waals surface area (Å²) in [6.07, 6.45) is 7.03. The minimum absolute atomic E-state index is 0.0256. The van der Waals surface area contributed by atoms with Crippen LogP contribution in [0.15, 0.2) is 18.5 Å².